The third-order valence-electron chi connectivity index (χ3n) is 3.21. The van der Waals surface area contributed by atoms with Crippen LogP contribution in [0.1, 0.15) is 6.42 Å². The van der Waals surface area contributed by atoms with Crippen LogP contribution < -0.4 is 10.6 Å². The molecule has 0 radical (unpaired) electrons. The van der Waals surface area contributed by atoms with Crippen molar-refractivity contribution in [3.8, 4) is 0 Å². The third-order valence-corrected chi connectivity index (χ3v) is 3.21. The lowest BCUT2D eigenvalue weighted by molar-refractivity contribution is 0.172. The molecule has 2 N–H and O–H groups in total. The van der Waals surface area contributed by atoms with E-state index in [1.807, 2.05) is 0 Å². The van der Waals surface area contributed by atoms with Crippen molar-refractivity contribution in [3.63, 3.8) is 0 Å². The molecule has 0 unspecified atom stereocenters. The molecule has 2 saturated heterocycles. The monoisotopic (exact) mass is 270 g/mol. The molecular weight excluding hydrogens is 246 g/mol. The fraction of sp³-hybridized carbons (Fsp3) is 1.00. The highest BCUT2D eigenvalue weighted by molar-refractivity contribution is 6.46. The average Bonchev–Trinajstić information content (AvgIpc) is 2.33. The summed E-state index contributed by atoms with van der Waals surface area (Å²) in [5.41, 5.74) is 0. The highest BCUT2D eigenvalue weighted by atomic mass is 16.6. The summed E-state index contributed by atoms with van der Waals surface area (Å²) in [6.07, 6.45) is 2.80. The summed E-state index contributed by atoms with van der Waals surface area (Å²) in [5.74, 6) is 0. The maximum atomic E-state index is 5.64. The zero-order chi connectivity index (χ0) is 13.2. The first-order chi connectivity index (χ1) is 9.45. The van der Waals surface area contributed by atoms with Crippen LogP contribution in [-0.2, 0) is 18.6 Å². The maximum Gasteiger partial charge on any atom is 0.456 e. The van der Waals surface area contributed by atoms with Gasteiger partial charge in [0.1, 0.15) is 0 Å². The van der Waals surface area contributed by atoms with E-state index < -0.39 is 0 Å². The number of nitrogens with one attached hydrogen (secondary N) is 2. The van der Waals surface area contributed by atoms with Gasteiger partial charge in [0, 0.05) is 52.6 Å². The van der Waals surface area contributed by atoms with Crippen LogP contribution in [0.4, 0.5) is 0 Å². The Morgan fingerprint density at radius 1 is 0.632 bits per heavy atom. The standard InChI is InChI=1S/C11H24B2N2O4/c1(2-12-16-8-4-14-5-9-17-12)3-13-18-10-6-15-7-11-19-13/h14-15H,1-11H2. The first-order valence-corrected chi connectivity index (χ1v) is 7.33. The van der Waals surface area contributed by atoms with Crippen LogP contribution in [0.2, 0.25) is 12.6 Å². The number of rotatable bonds is 4. The van der Waals surface area contributed by atoms with Gasteiger partial charge in [0.15, 0.2) is 0 Å². The van der Waals surface area contributed by atoms with Crippen molar-refractivity contribution < 1.29 is 18.6 Å². The molecule has 0 aromatic carbocycles. The molecule has 6 nitrogen and oxygen atoms in total. The van der Waals surface area contributed by atoms with E-state index >= 15 is 0 Å². The molecular formula is C11H24B2N2O4. The topological polar surface area (TPSA) is 61.0 Å². The van der Waals surface area contributed by atoms with Crippen molar-refractivity contribution in [2.45, 2.75) is 19.1 Å². The van der Waals surface area contributed by atoms with Gasteiger partial charge in [-0.3, -0.25) is 0 Å². The predicted molar refractivity (Wildman–Crippen MR) is 75.3 cm³/mol. The number of hydrogen-bond donors (Lipinski definition) is 2. The fourth-order valence-corrected chi connectivity index (χ4v) is 2.18. The third kappa shape index (κ3) is 6.74. The molecule has 2 aliphatic rings. The molecule has 0 atom stereocenters. The molecule has 0 aromatic heterocycles. The lowest BCUT2D eigenvalue weighted by Gasteiger charge is -2.20. The summed E-state index contributed by atoms with van der Waals surface area (Å²) in [7, 11) is -0.144. The van der Waals surface area contributed by atoms with Gasteiger partial charge in [-0.25, -0.2) is 0 Å². The molecule has 0 spiro atoms. The van der Waals surface area contributed by atoms with Gasteiger partial charge in [-0.05, 0) is 12.6 Å². The van der Waals surface area contributed by atoms with Crippen molar-refractivity contribution in [2.75, 3.05) is 52.6 Å². The van der Waals surface area contributed by atoms with E-state index in [2.05, 4.69) is 10.6 Å². The minimum absolute atomic E-state index is 0.0719. The van der Waals surface area contributed by atoms with Crippen LogP contribution in [0.5, 0.6) is 0 Å². The van der Waals surface area contributed by atoms with Gasteiger partial charge < -0.3 is 29.3 Å². The zero-order valence-corrected chi connectivity index (χ0v) is 11.6. The van der Waals surface area contributed by atoms with E-state index in [9.17, 15) is 0 Å². The second-order valence-electron chi connectivity index (χ2n) is 4.77. The van der Waals surface area contributed by atoms with Crippen molar-refractivity contribution in [2.24, 2.45) is 0 Å². The quantitative estimate of drug-likeness (QED) is 0.679. The van der Waals surface area contributed by atoms with Crippen LogP contribution >= 0.6 is 0 Å². The number of hydrogen-bond acceptors (Lipinski definition) is 6. The van der Waals surface area contributed by atoms with Gasteiger partial charge in [0.2, 0.25) is 0 Å². The Bertz CT molecular complexity index is 201. The summed E-state index contributed by atoms with van der Waals surface area (Å²) in [6, 6.07) is 0. The van der Waals surface area contributed by atoms with Crippen LogP contribution in [-0.4, -0.2) is 66.8 Å². The molecule has 0 saturated carbocycles. The molecule has 2 rings (SSSR count). The Hall–Kier alpha value is -0.110. The van der Waals surface area contributed by atoms with Gasteiger partial charge in [-0.1, -0.05) is 6.42 Å². The smallest absolute Gasteiger partial charge is 0.410 e. The summed E-state index contributed by atoms with van der Waals surface area (Å²) in [6.45, 7) is 6.48. The van der Waals surface area contributed by atoms with Gasteiger partial charge in [-0.15, -0.1) is 0 Å². The summed E-state index contributed by atoms with van der Waals surface area (Å²) in [4.78, 5) is 0. The molecule has 0 aromatic rings. The minimum atomic E-state index is -0.0719. The Morgan fingerprint density at radius 3 is 1.37 bits per heavy atom. The van der Waals surface area contributed by atoms with E-state index in [0.717, 1.165) is 45.2 Å². The second-order valence-corrected chi connectivity index (χ2v) is 4.77. The van der Waals surface area contributed by atoms with E-state index in [1.165, 1.54) is 0 Å². The lowest BCUT2D eigenvalue weighted by Crippen LogP contribution is -2.37. The van der Waals surface area contributed by atoms with E-state index in [1.54, 1.807) is 0 Å². The zero-order valence-electron chi connectivity index (χ0n) is 11.6. The molecule has 2 aliphatic heterocycles. The van der Waals surface area contributed by atoms with Crippen LogP contribution in [0.25, 0.3) is 0 Å². The maximum absolute atomic E-state index is 5.64. The SMILES string of the molecule is C(CB1OCCNCCO1)CB1OCCNCCO1. The molecule has 0 bridgehead atoms. The summed E-state index contributed by atoms with van der Waals surface area (Å²) >= 11 is 0. The van der Waals surface area contributed by atoms with Crippen LogP contribution in [0.3, 0.4) is 0 Å². The molecule has 0 amide bonds. The molecule has 2 fully saturated rings. The molecule has 108 valence electrons. The molecule has 2 heterocycles. The van der Waals surface area contributed by atoms with E-state index in [4.69, 9.17) is 18.6 Å². The first kappa shape index (κ1) is 15.3. The van der Waals surface area contributed by atoms with Gasteiger partial charge in [0.25, 0.3) is 0 Å². The normalized spacial score (nSPS) is 23.4. The minimum Gasteiger partial charge on any atom is -0.410 e. The Kier molecular flexibility index (Phi) is 7.83. The summed E-state index contributed by atoms with van der Waals surface area (Å²) < 4.78 is 22.6. The van der Waals surface area contributed by atoms with Crippen molar-refractivity contribution >= 4 is 14.2 Å². The van der Waals surface area contributed by atoms with E-state index in [0.29, 0.717) is 26.4 Å². The van der Waals surface area contributed by atoms with Gasteiger partial charge in [0.05, 0.1) is 0 Å². The highest BCUT2D eigenvalue weighted by Crippen LogP contribution is 2.10. The molecule has 19 heavy (non-hydrogen) atoms. The van der Waals surface area contributed by atoms with Crippen molar-refractivity contribution in [3.05, 3.63) is 0 Å². The van der Waals surface area contributed by atoms with Crippen LogP contribution in [0.15, 0.2) is 0 Å². The first-order valence-electron chi connectivity index (χ1n) is 7.33. The molecule has 8 heteroatoms. The second kappa shape index (κ2) is 9.74. The highest BCUT2D eigenvalue weighted by Gasteiger charge is 2.23. The van der Waals surface area contributed by atoms with E-state index in [-0.39, 0.29) is 14.2 Å². The Labute approximate surface area is 116 Å². The van der Waals surface area contributed by atoms with Crippen molar-refractivity contribution in [1.82, 2.24) is 10.6 Å². The fourth-order valence-electron chi connectivity index (χ4n) is 2.18. The van der Waals surface area contributed by atoms with Crippen LogP contribution in [0, 0.1) is 0 Å². The van der Waals surface area contributed by atoms with Gasteiger partial charge in [-0.2, -0.15) is 0 Å². The lowest BCUT2D eigenvalue weighted by atomic mass is 9.74. The van der Waals surface area contributed by atoms with Crippen molar-refractivity contribution in [1.29, 1.82) is 0 Å². The molecule has 0 aliphatic carbocycles. The Balaban J connectivity index is 1.58. The largest absolute Gasteiger partial charge is 0.456 e. The summed E-state index contributed by atoms with van der Waals surface area (Å²) in [5, 5.41) is 6.47. The average molecular weight is 270 g/mol. The van der Waals surface area contributed by atoms with Gasteiger partial charge >= 0.3 is 14.2 Å². The Morgan fingerprint density at radius 2 is 1.00 bits per heavy atom. The predicted octanol–water partition coefficient (Wildman–Crippen LogP) is -0.374.